The van der Waals surface area contributed by atoms with Crippen molar-refractivity contribution in [3.05, 3.63) is 33.8 Å². The zero-order valence-corrected chi connectivity index (χ0v) is 13.4. The zero-order chi connectivity index (χ0) is 14.4. The molecule has 1 fully saturated rings. The fourth-order valence-corrected chi connectivity index (χ4v) is 3.51. The normalized spacial score (nSPS) is 18.1. The van der Waals surface area contributed by atoms with Gasteiger partial charge in [-0.15, -0.1) is 0 Å². The number of benzene rings is 1. The first kappa shape index (κ1) is 16.1. The standard InChI is InChI=1S/C16H24Cl2N2/c17-14-7-9-16(18)13(10-14)11-15(20-19)8-6-12-4-2-1-3-5-12/h7,9-10,12,15,20H,1-6,8,11,19H2. The molecular weight excluding hydrogens is 291 g/mol. The van der Waals surface area contributed by atoms with Gasteiger partial charge in [-0.2, -0.15) is 0 Å². The van der Waals surface area contributed by atoms with Crippen molar-refractivity contribution in [2.24, 2.45) is 11.8 Å². The van der Waals surface area contributed by atoms with Crippen LogP contribution in [0.1, 0.15) is 50.5 Å². The van der Waals surface area contributed by atoms with Crippen LogP contribution in [-0.4, -0.2) is 6.04 Å². The second kappa shape index (κ2) is 8.23. The average Bonchev–Trinajstić information content (AvgIpc) is 2.48. The van der Waals surface area contributed by atoms with Crippen LogP contribution in [0.5, 0.6) is 0 Å². The van der Waals surface area contributed by atoms with E-state index in [0.717, 1.165) is 34.4 Å². The highest BCUT2D eigenvalue weighted by Gasteiger charge is 2.16. The molecule has 1 aliphatic carbocycles. The molecule has 1 unspecified atom stereocenters. The number of hydrazine groups is 1. The summed E-state index contributed by atoms with van der Waals surface area (Å²) in [6.45, 7) is 0. The summed E-state index contributed by atoms with van der Waals surface area (Å²) in [5.41, 5.74) is 4.01. The lowest BCUT2D eigenvalue weighted by atomic mass is 9.84. The minimum Gasteiger partial charge on any atom is -0.271 e. The van der Waals surface area contributed by atoms with Crippen LogP contribution in [0.3, 0.4) is 0 Å². The van der Waals surface area contributed by atoms with Gasteiger partial charge in [0.05, 0.1) is 0 Å². The predicted octanol–water partition coefficient (Wildman–Crippen LogP) is 4.73. The van der Waals surface area contributed by atoms with Crippen LogP contribution in [0.25, 0.3) is 0 Å². The molecule has 3 N–H and O–H groups in total. The fraction of sp³-hybridized carbons (Fsp3) is 0.625. The molecule has 0 aromatic heterocycles. The Morgan fingerprint density at radius 3 is 2.65 bits per heavy atom. The van der Waals surface area contributed by atoms with E-state index >= 15 is 0 Å². The lowest BCUT2D eigenvalue weighted by Crippen LogP contribution is -2.37. The molecule has 2 rings (SSSR count). The molecule has 0 amide bonds. The van der Waals surface area contributed by atoms with Gasteiger partial charge in [-0.25, -0.2) is 0 Å². The Morgan fingerprint density at radius 2 is 1.95 bits per heavy atom. The van der Waals surface area contributed by atoms with Crippen molar-refractivity contribution in [1.29, 1.82) is 0 Å². The maximum Gasteiger partial charge on any atom is 0.0439 e. The molecule has 1 aromatic carbocycles. The molecule has 0 saturated heterocycles. The summed E-state index contributed by atoms with van der Waals surface area (Å²) in [5, 5.41) is 1.50. The molecular formula is C16H24Cl2N2. The number of hydrogen-bond donors (Lipinski definition) is 2. The smallest absolute Gasteiger partial charge is 0.0439 e. The van der Waals surface area contributed by atoms with Gasteiger partial charge in [-0.3, -0.25) is 11.3 Å². The first-order valence-electron chi connectivity index (χ1n) is 7.59. The summed E-state index contributed by atoms with van der Waals surface area (Å²) in [6.07, 6.45) is 10.2. The van der Waals surface area contributed by atoms with Crippen molar-refractivity contribution in [2.75, 3.05) is 0 Å². The summed E-state index contributed by atoms with van der Waals surface area (Å²) in [7, 11) is 0. The summed E-state index contributed by atoms with van der Waals surface area (Å²) < 4.78 is 0. The van der Waals surface area contributed by atoms with Gasteiger partial charge >= 0.3 is 0 Å². The number of rotatable bonds is 6. The predicted molar refractivity (Wildman–Crippen MR) is 87.1 cm³/mol. The first-order valence-corrected chi connectivity index (χ1v) is 8.34. The van der Waals surface area contributed by atoms with Crippen LogP contribution in [-0.2, 0) is 6.42 Å². The van der Waals surface area contributed by atoms with Crippen molar-refractivity contribution in [2.45, 2.75) is 57.4 Å². The van der Waals surface area contributed by atoms with E-state index in [1.165, 1.54) is 38.5 Å². The lowest BCUT2D eigenvalue weighted by Gasteiger charge is -2.24. The minimum absolute atomic E-state index is 0.271. The second-order valence-corrected chi connectivity index (χ2v) is 6.73. The van der Waals surface area contributed by atoms with Gasteiger partial charge in [-0.05, 0) is 48.9 Å². The quantitative estimate of drug-likeness (QED) is 0.588. The molecule has 1 saturated carbocycles. The van der Waals surface area contributed by atoms with Crippen molar-refractivity contribution in [3.63, 3.8) is 0 Å². The summed E-state index contributed by atoms with van der Waals surface area (Å²) in [4.78, 5) is 0. The van der Waals surface area contributed by atoms with Gasteiger partial charge in [0.2, 0.25) is 0 Å². The fourth-order valence-electron chi connectivity index (χ4n) is 3.12. The molecule has 2 nitrogen and oxygen atoms in total. The number of nitrogens with one attached hydrogen (secondary N) is 1. The van der Waals surface area contributed by atoms with E-state index in [2.05, 4.69) is 5.43 Å². The third-order valence-corrected chi connectivity index (χ3v) is 4.96. The van der Waals surface area contributed by atoms with Crippen LogP contribution in [0.2, 0.25) is 10.0 Å². The van der Waals surface area contributed by atoms with Crippen molar-refractivity contribution in [1.82, 2.24) is 5.43 Å². The summed E-state index contributed by atoms with van der Waals surface area (Å²) >= 11 is 12.3. The second-order valence-electron chi connectivity index (χ2n) is 5.88. The highest BCUT2D eigenvalue weighted by molar-refractivity contribution is 6.33. The average molecular weight is 315 g/mol. The van der Waals surface area contributed by atoms with E-state index in [0.29, 0.717) is 0 Å². The minimum atomic E-state index is 0.271. The molecule has 0 aliphatic heterocycles. The van der Waals surface area contributed by atoms with Crippen LogP contribution < -0.4 is 11.3 Å². The molecule has 1 aliphatic rings. The van der Waals surface area contributed by atoms with Gasteiger partial charge in [0.1, 0.15) is 0 Å². The third-order valence-electron chi connectivity index (χ3n) is 4.36. The third kappa shape index (κ3) is 4.92. The molecule has 20 heavy (non-hydrogen) atoms. The molecule has 1 aromatic rings. The maximum atomic E-state index is 6.22. The van der Waals surface area contributed by atoms with E-state index in [9.17, 15) is 0 Å². The molecule has 0 radical (unpaired) electrons. The Kier molecular flexibility index (Phi) is 6.63. The Labute approximate surface area is 132 Å². The van der Waals surface area contributed by atoms with Gasteiger partial charge in [-0.1, -0.05) is 55.3 Å². The Bertz CT molecular complexity index is 417. The van der Waals surface area contributed by atoms with Crippen molar-refractivity contribution < 1.29 is 0 Å². The molecule has 112 valence electrons. The Morgan fingerprint density at radius 1 is 1.20 bits per heavy atom. The molecule has 0 heterocycles. The van der Waals surface area contributed by atoms with Gasteiger partial charge in [0.15, 0.2) is 0 Å². The summed E-state index contributed by atoms with van der Waals surface area (Å²) in [6, 6.07) is 5.89. The Hall–Kier alpha value is -0.280. The van der Waals surface area contributed by atoms with Crippen LogP contribution in [0.4, 0.5) is 0 Å². The van der Waals surface area contributed by atoms with Gasteiger partial charge < -0.3 is 0 Å². The lowest BCUT2D eigenvalue weighted by molar-refractivity contribution is 0.313. The topological polar surface area (TPSA) is 38.0 Å². The van der Waals surface area contributed by atoms with E-state index in [1.807, 2.05) is 18.2 Å². The van der Waals surface area contributed by atoms with Gasteiger partial charge in [0.25, 0.3) is 0 Å². The number of halogens is 2. The molecule has 1 atom stereocenters. The van der Waals surface area contributed by atoms with E-state index < -0.39 is 0 Å². The van der Waals surface area contributed by atoms with Crippen LogP contribution >= 0.6 is 23.2 Å². The largest absolute Gasteiger partial charge is 0.271 e. The zero-order valence-electron chi connectivity index (χ0n) is 11.9. The van der Waals surface area contributed by atoms with E-state index in [1.54, 1.807) is 0 Å². The SMILES string of the molecule is NNC(CCC1CCCCC1)Cc1cc(Cl)ccc1Cl. The van der Waals surface area contributed by atoms with Crippen molar-refractivity contribution >= 4 is 23.2 Å². The number of nitrogens with two attached hydrogens (primary N) is 1. The Balaban J connectivity index is 1.86. The number of hydrogen-bond acceptors (Lipinski definition) is 2. The highest BCUT2D eigenvalue weighted by atomic mass is 35.5. The van der Waals surface area contributed by atoms with Crippen LogP contribution in [0.15, 0.2) is 18.2 Å². The molecule has 4 heteroatoms. The first-order chi connectivity index (χ1) is 9.69. The van der Waals surface area contributed by atoms with E-state index in [-0.39, 0.29) is 6.04 Å². The van der Waals surface area contributed by atoms with Crippen molar-refractivity contribution in [3.8, 4) is 0 Å². The molecule has 0 bridgehead atoms. The highest BCUT2D eigenvalue weighted by Crippen LogP contribution is 2.28. The van der Waals surface area contributed by atoms with Crippen LogP contribution in [0, 0.1) is 5.92 Å². The summed E-state index contributed by atoms with van der Waals surface area (Å²) in [5.74, 6) is 6.58. The maximum absolute atomic E-state index is 6.22. The van der Waals surface area contributed by atoms with E-state index in [4.69, 9.17) is 29.0 Å². The molecule has 0 spiro atoms. The van der Waals surface area contributed by atoms with Gasteiger partial charge in [0, 0.05) is 16.1 Å². The monoisotopic (exact) mass is 314 g/mol.